The van der Waals surface area contributed by atoms with Crippen molar-refractivity contribution in [1.29, 1.82) is 0 Å². The van der Waals surface area contributed by atoms with Crippen molar-refractivity contribution in [3.63, 3.8) is 0 Å². The molecule has 2 rings (SSSR count). The third-order valence-corrected chi connectivity index (χ3v) is 3.11. The third kappa shape index (κ3) is 4.60. The fourth-order valence-electron chi connectivity index (χ4n) is 1.83. The zero-order chi connectivity index (χ0) is 15.2. The van der Waals surface area contributed by atoms with Crippen molar-refractivity contribution < 1.29 is 4.79 Å². The molecule has 0 unspecified atom stereocenters. The van der Waals surface area contributed by atoms with Crippen molar-refractivity contribution in [2.24, 2.45) is 5.92 Å². The van der Waals surface area contributed by atoms with Crippen LogP contribution in [-0.4, -0.2) is 10.9 Å². The normalized spacial score (nSPS) is 10.5. The lowest BCUT2D eigenvalue weighted by Crippen LogP contribution is -2.17. The second-order valence-corrected chi connectivity index (χ2v) is 5.36. The van der Waals surface area contributed by atoms with Gasteiger partial charge in [-0.3, -0.25) is 4.79 Å². The third-order valence-electron chi connectivity index (χ3n) is 3.11. The standard InChI is InChI=1S/C17H21N3O/c1-12(2)17(21)20-15-9-7-14(8-10-15)11-18-16-6-4-5-13(3)19-16/h4-10,12H,11H2,1-3H3,(H,18,19)(H,20,21). The molecule has 110 valence electrons. The van der Waals surface area contributed by atoms with Crippen LogP contribution in [-0.2, 0) is 11.3 Å². The molecule has 0 atom stereocenters. The molecule has 4 heteroatoms. The van der Waals surface area contributed by atoms with E-state index in [1.54, 1.807) is 0 Å². The molecular formula is C17H21N3O. The van der Waals surface area contributed by atoms with Gasteiger partial charge in [-0.25, -0.2) is 4.98 Å². The van der Waals surface area contributed by atoms with Gasteiger partial charge in [-0.05, 0) is 36.8 Å². The van der Waals surface area contributed by atoms with Crippen molar-refractivity contribution in [2.75, 3.05) is 10.6 Å². The quantitative estimate of drug-likeness (QED) is 0.881. The summed E-state index contributed by atoms with van der Waals surface area (Å²) in [5, 5.41) is 6.16. The van der Waals surface area contributed by atoms with Crippen LogP contribution in [0.2, 0.25) is 0 Å². The Kier molecular flexibility index (Phi) is 4.93. The molecule has 1 aromatic heterocycles. The molecular weight excluding hydrogens is 262 g/mol. The van der Waals surface area contributed by atoms with Crippen LogP contribution in [0.25, 0.3) is 0 Å². The summed E-state index contributed by atoms with van der Waals surface area (Å²) in [5.74, 6) is 0.885. The Bertz CT molecular complexity index is 606. The summed E-state index contributed by atoms with van der Waals surface area (Å²) in [5.41, 5.74) is 2.96. The summed E-state index contributed by atoms with van der Waals surface area (Å²) >= 11 is 0. The summed E-state index contributed by atoms with van der Waals surface area (Å²) < 4.78 is 0. The largest absolute Gasteiger partial charge is 0.366 e. The van der Waals surface area contributed by atoms with Gasteiger partial charge in [0.2, 0.25) is 5.91 Å². The minimum absolute atomic E-state index is 0.0151. The number of aromatic nitrogens is 1. The van der Waals surface area contributed by atoms with Gasteiger partial charge in [-0.2, -0.15) is 0 Å². The second-order valence-electron chi connectivity index (χ2n) is 5.36. The highest BCUT2D eigenvalue weighted by atomic mass is 16.1. The van der Waals surface area contributed by atoms with Gasteiger partial charge >= 0.3 is 0 Å². The zero-order valence-corrected chi connectivity index (χ0v) is 12.7. The van der Waals surface area contributed by atoms with E-state index >= 15 is 0 Å². The first-order valence-corrected chi connectivity index (χ1v) is 7.12. The van der Waals surface area contributed by atoms with Crippen molar-refractivity contribution in [3.8, 4) is 0 Å². The van der Waals surface area contributed by atoms with E-state index in [2.05, 4.69) is 15.6 Å². The smallest absolute Gasteiger partial charge is 0.226 e. The molecule has 0 fully saturated rings. The molecule has 0 saturated carbocycles. The van der Waals surface area contributed by atoms with Crippen molar-refractivity contribution >= 4 is 17.4 Å². The first kappa shape index (κ1) is 15.0. The van der Waals surface area contributed by atoms with Crippen LogP contribution in [0.1, 0.15) is 25.1 Å². The van der Waals surface area contributed by atoms with Crippen LogP contribution in [0.15, 0.2) is 42.5 Å². The molecule has 1 amide bonds. The SMILES string of the molecule is Cc1cccc(NCc2ccc(NC(=O)C(C)C)cc2)n1. The van der Waals surface area contributed by atoms with E-state index in [4.69, 9.17) is 0 Å². The van der Waals surface area contributed by atoms with Crippen molar-refractivity contribution in [3.05, 3.63) is 53.7 Å². The Hall–Kier alpha value is -2.36. The molecule has 0 aliphatic heterocycles. The maximum absolute atomic E-state index is 11.6. The van der Waals surface area contributed by atoms with Crippen LogP contribution >= 0.6 is 0 Å². The summed E-state index contributed by atoms with van der Waals surface area (Å²) in [7, 11) is 0. The lowest BCUT2D eigenvalue weighted by Gasteiger charge is -2.09. The predicted molar refractivity (Wildman–Crippen MR) is 86.2 cm³/mol. The average molecular weight is 283 g/mol. The number of aryl methyl sites for hydroxylation is 1. The lowest BCUT2D eigenvalue weighted by molar-refractivity contribution is -0.118. The van der Waals surface area contributed by atoms with Gasteiger partial charge in [-0.1, -0.05) is 32.0 Å². The molecule has 2 aromatic rings. The molecule has 0 bridgehead atoms. The molecule has 1 heterocycles. The maximum Gasteiger partial charge on any atom is 0.226 e. The number of carbonyl (C=O) groups is 1. The number of carbonyl (C=O) groups excluding carboxylic acids is 1. The number of rotatable bonds is 5. The van der Waals surface area contributed by atoms with Crippen molar-refractivity contribution in [2.45, 2.75) is 27.3 Å². The molecule has 0 spiro atoms. The Morgan fingerprint density at radius 1 is 1.14 bits per heavy atom. The molecule has 21 heavy (non-hydrogen) atoms. The summed E-state index contributed by atoms with van der Waals surface area (Å²) in [6, 6.07) is 13.7. The number of hydrogen-bond donors (Lipinski definition) is 2. The van der Waals surface area contributed by atoms with Crippen LogP contribution in [0, 0.1) is 12.8 Å². The highest BCUT2D eigenvalue weighted by molar-refractivity contribution is 5.92. The topological polar surface area (TPSA) is 54.0 Å². The number of pyridine rings is 1. The first-order chi connectivity index (χ1) is 10.0. The summed E-state index contributed by atoms with van der Waals surface area (Å²) in [6.45, 7) is 6.43. The predicted octanol–water partition coefficient (Wildman–Crippen LogP) is 3.60. The summed E-state index contributed by atoms with van der Waals surface area (Å²) in [4.78, 5) is 16.0. The number of amides is 1. The van der Waals surface area contributed by atoms with Crippen LogP contribution in [0.3, 0.4) is 0 Å². The molecule has 2 N–H and O–H groups in total. The zero-order valence-electron chi connectivity index (χ0n) is 12.7. The minimum atomic E-state index is -0.0151. The van der Waals surface area contributed by atoms with Gasteiger partial charge in [-0.15, -0.1) is 0 Å². The van der Waals surface area contributed by atoms with Gasteiger partial charge in [0, 0.05) is 23.8 Å². The van der Waals surface area contributed by atoms with Gasteiger partial charge in [0.15, 0.2) is 0 Å². The minimum Gasteiger partial charge on any atom is -0.366 e. The highest BCUT2D eigenvalue weighted by Crippen LogP contribution is 2.12. The Labute approximate surface area is 125 Å². The lowest BCUT2D eigenvalue weighted by atomic mass is 10.1. The highest BCUT2D eigenvalue weighted by Gasteiger charge is 2.06. The van der Waals surface area contributed by atoms with E-state index in [-0.39, 0.29) is 11.8 Å². The second kappa shape index (κ2) is 6.88. The van der Waals surface area contributed by atoms with Gasteiger partial charge in [0.25, 0.3) is 0 Å². The van der Waals surface area contributed by atoms with Gasteiger partial charge in [0.05, 0.1) is 0 Å². The fourth-order valence-corrected chi connectivity index (χ4v) is 1.83. The average Bonchev–Trinajstić information content (AvgIpc) is 2.46. The first-order valence-electron chi connectivity index (χ1n) is 7.12. The van der Waals surface area contributed by atoms with Crippen LogP contribution in [0.4, 0.5) is 11.5 Å². The van der Waals surface area contributed by atoms with Gasteiger partial charge < -0.3 is 10.6 Å². The monoisotopic (exact) mass is 283 g/mol. The van der Waals surface area contributed by atoms with E-state index in [0.29, 0.717) is 6.54 Å². The number of nitrogens with zero attached hydrogens (tertiary/aromatic N) is 1. The van der Waals surface area contributed by atoms with E-state index in [9.17, 15) is 4.79 Å². The maximum atomic E-state index is 11.6. The number of hydrogen-bond acceptors (Lipinski definition) is 3. The van der Waals surface area contributed by atoms with E-state index in [1.807, 2.05) is 63.2 Å². The Morgan fingerprint density at radius 2 is 1.86 bits per heavy atom. The van der Waals surface area contributed by atoms with Crippen LogP contribution in [0.5, 0.6) is 0 Å². The molecule has 0 radical (unpaired) electrons. The Balaban J connectivity index is 1.92. The fraction of sp³-hybridized carbons (Fsp3) is 0.294. The van der Waals surface area contributed by atoms with Crippen LogP contribution < -0.4 is 10.6 Å². The number of nitrogens with one attached hydrogen (secondary N) is 2. The van der Waals surface area contributed by atoms with Gasteiger partial charge in [0.1, 0.15) is 5.82 Å². The summed E-state index contributed by atoms with van der Waals surface area (Å²) in [6.07, 6.45) is 0. The molecule has 0 saturated heterocycles. The van der Waals surface area contributed by atoms with Crippen molar-refractivity contribution in [1.82, 2.24) is 4.98 Å². The molecule has 0 aliphatic carbocycles. The molecule has 0 aliphatic rings. The van der Waals surface area contributed by atoms with E-state index in [0.717, 1.165) is 22.8 Å². The van der Waals surface area contributed by atoms with E-state index in [1.165, 1.54) is 0 Å². The number of anilines is 2. The molecule has 1 aromatic carbocycles. The Morgan fingerprint density at radius 3 is 2.48 bits per heavy atom. The van der Waals surface area contributed by atoms with E-state index < -0.39 is 0 Å². The number of benzene rings is 1. The molecule has 4 nitrogen and oxygen atoms in total.